The Morgan fingerprint density at radius 3 is 2.89 bits per heavy atom. The number of anilines is 2. The molecule has 0 aromatic heterocycles. The van der Waals surface area contributed by atoms with Gasteiger partial charge in [-0.15, -0.1) is 0 Å². The number of hydrogen-bond donors (Lipinski definition) is 2. The van der Waals surface area contributed by atoms with Crippen molar-refractivity contribution in [3.8, 4) is 5.75 Å². The smallest absolute Gasteiger partial charge is 0.123 e. The summed E-state index contributed by atoms with van der Waals surface area (Å²) in [6.07, 6.45) is 1.16. The van der Waals surface area contributed by atoms with Crippen LogP contribution in [0.25, 0.3) is 0 Å². The highest BCUT2D eigenvalue weighted by atomic mass is 16.5. The summed E-state index contributed by atoms with van der Waals surface area (Å²) in [7, 11) is 0. The van der Waals surface area contributed by atoms with Crippen LogP contribution in [0.4, 0.5) is 11.4 Å². The molecule has 1 heterocycles. The Morgan fingerprint density at radius 1 is 1.26 bits per heavy atom. The van der Waals surface area contributed by atoms with E-state index >= 15 is 0 Å². The van der Waals surface area contributed by atoms with E-state index in [9.17, 15) is 0 Å². The Kier molecular flexibility index (Phi) is 3.03. The van der Waals surface area contributed by atoms with Crippen molar-refractivity contribution in [3.05, 3.63) is 53.6 Å². The first-order chi connectivity index (χ1) is 9.20. The van der Waals surface area contributed by atoms with E-state index in [2.05, 4.69) is 23.5 Å². The number of rotatable bonds is 3. The van der Waals surface area contributed by atoms with Gasteiger partial charge >= 0.3 is 0 Å². The van der Waals surface area contributed by atoms with Gasteiger partial charge in [0.25, 0.3) is 0 Å². The van der Waals surface area contributed by atoms with Crippen molar-refractivity contribution in [3.63, 3.8) is 0 Å². The van der Waals surface area contributed by atoms with Gasteiger partial charge in [-0.1, -0.05) is 18.2 Å². The molecule has 3 N–H and O–H groups in total. The van der Waals surface area contributed by atoms with Crippen LogP contribution in [0.3, 0.4) is 0 Å². The summed E-state index contributed by atoms with van der Waals surface area (Å²) in [6, 6.07) is 14.2. The lowest BCUT2D eigenvalue weighted by Gasteiger charge is -2.13. The zero-order valence-corrected chi connectivity index (χ0v) is 11.0. The van der Waals surface area contributed by atoms with Gasteiger partial charge in [-0.2, -0.15) is 0 Å². The molecule has 1 atom stereocenters. The molecular weight excluding hydrogens is 236 g/mol. The van der Waals surface area contributed by atoms with E-state index in [1.807, 2.05) is 31.2 Å². The van der Waals surface area contributed by atoms with Crippen molar-refractivity contribution >= 4 is 11.4 Å². The number of nitrogen functional groups attached to an aromatic ring is 1. The van der Waals surface area contributed by atoms with E-state index in [1.165, 1.54) is 5.56 Å². The second-order valence-electron chi connectivity index (χ2n) is 5.06. The number of nitrogens with one attached hydrogen (secondary N) is 1. The molecular formula is C16H18N2O. The quantitative estimate of drug-likeness (QED) is 0.828. The molecule has 0 bridgehead atoms. The topological polar surface area (TPSA) is 47.3 Å². The molecule has 3 nitrogen and oxygen atoms in total. The van der Waals surface area contributed by atoms with Crippen molar-refractivity contribution in [1.29, 1.82) is 0 Å². The standard InChI is InChI=1S/C16H18N2O/c1-11-6-13(17)9-14(7-11)18-10-15-8-12-4-2-3-5-16(12)19-15/h2-7,9,15,18H,8,10,17H2,1H3. The van der Waals surface area contributed by atoms with Gasteiger partial charge in [0.1, 0.15) is 11.9 Å². The number of aryl methyl sites for hydroxylation is 1. The Hall–Kier alpha value is -2.16. The fourth-order valence-electron chi connectivity index (χ4n) is 2.51. The SMILES string of the molecule is Cc1cc(N)cc(NCC2Cc3ccccc3O2)c1. The summed E-state index contributed by atoms with van der Waals surface area (Å²) >= 11 is 0. The molecule has 0 aliphatic carbocycles. The minimum atomic E-state index is 0.194. The highest BCUT2D eigenvalue weighted by Gasteiger charge is 2.21. The normalized spacial score (nSPS) is 16.8. The monoisotopic (exact) mass is 254 g/mol. The second-order valence-corrected chi connectivity index (χ2v) is 5.06. The van der Waals surface area contributed by atoms with Gasteiger partial charge in [0.15, 0.2) is 0 Å². The highest BCUT2D eigenvalue weighted by molar-refractivity contribution is 5.56. The Bertz CT molecular complexity index is 550. The number of ether oxygens (including phenoxy) is 1. The van der Waals surface area contributed by atoms with Gasteiger partial charge in [-0.25, -0.2) is 0 Å². The van der Waals surface area contributed by atoms with E-state index in [0.717, 1.165) is 35.7 Å². The molecule has 0 saturated carbocycles. The predicted molar refractivity (Wildman–Crippen MR) is 78.6 cm³/mol. The van der Waals surface area contributed by atoms with Gasteiger partial charge in [0.05, 0.1) is 6.54 Å². The summed E-state index contributed by atoms with van der Waals surface area (Å²) in [6.45, 7) is 2.83. The van der Waals surface area contributed by atoms with Crippen LogP contribution in [0.1, 0.15) is 11.1 Å². The van der Waals surface area contributed by atoms with Crippen LogP contribution in [-0.4, -0.2) is 12.6 Å². The Morgan fingerprint density at radius 2 is 2.11 bits per heavy atom. The number of benzene rings is 2. The summed E-state index contributed by atoms with van der Waals surface area (Å²) in [5.74, 6) is 1.01. The highest BCUT2D eigenvalue weighted by Crippen LogP contribution is 2.28. The maximum absolute atomic E-state index is 5.90. The fourth-order valence-corrected chi connectivity index (χ4v) is 2.51. The van der Waals surface area contributed by atoms with E-state index in [-0.39, 0.29) is 6.10 Å². The molecule has 0 radical (unpaired) electrons. The minimum Gasteiger partial charge on any atom is -0.488 e. The van der Waals surface area contributed by atoms with Crippen molar-refractivity contribution in [2.24, 2.45) is 0 Å². The molecule has 3 heteroatoms. The van der Waals surface area contributed by atoms with Crippen molar-refractivity contribution in [2.45, 2.75) is 19.4 Å². The fraction of sp³-hybridized carbons (Fsp3) is 0.250. The average Bonchev–Trinajstić information content (AvgIpc) is 2.78. The van der Waals surface area contributed by atoms with Crippen LogP contribution < -0.4 is 15.8 Å². The molecule has 0 saturated heterocycles. The zero-order chi connectivity index (χ0) is 13.2. The average molecular weight is 254 g/mol. The molecule has 0 amide bonds. The molecule has 1 unspecified atom stereocenters. The molecule has 3 rings (SSSR count). The van der Waals surface area contributed by atoms with Gasteiger partial charge in [-0.3, -0.25) is 0 Å². The Balaban J connectivity index is 1.62. The molecule has 2 aromatic rings. The zero-order valence-electron chi connectivity index (χ0n) is 11.0. The molecule has 0 spiro atoms. The van der Waals surface area contributed by atoms with E-state index in [4.69, 9.17) is 10.5 Å². The lowest BCUT2D eigenvalue weighted by atomic mass is 10.1. The van der Waals surface area contributed by atoms with E-state index < -0.39 is 0 Å². The number of fused-ring (bicyclic) bond motifs is 1. The van der Waals surface area contributed by atoms with Gasteiger partial charge < -0.3 is 15.8 Å². The molecule has 2 aromatic carbocycles. The third-order valence-electron chi connectivity index (χ3n) is 3.35. The number of para-hydroxylation sites is 1. The maximum Gasteiger partial charge on any atom is 0.123 e. The maximum atomic E-state index is 5.90. The third-order valence-corrected chi connectivity index (χ3v) is 3.35. The van der Waals surface area contributed by atoms with Crippen molar-refractivity contribution in [2.75, 3.05) is 17.6 Å². The first-order valence-electron chi connectivity index (χ1n) is 6.56. The van der Waals surface area contributed by atoms with Crippen LogP contribution in [0.5, 0.6) is 5.75 Å². The van der Waals surface area contributed by atoms with Gasteiger partial charge in [0.2, 0.25) is 0 Å². The van der Waals surface area contributed by atoms with Crippen LogP contribution in [0, 0.1) is 6.92 Å². The van der Waals surface area contributed by atoms with E-state index in [1.54, 1.807) is 0 Å². The molecule has 0 fully saturated rings. The van der Waals surface area contributed by atoms with E-state index in [0.29, 0.717) is 0 Å². The molecule has 98 valence electrons. The van der Waals surface area contributed by atoms with Crippen molar-refractivity contribution in [1.82, 2.24) is 0 Å². The third kappa shape index (κ3) is 2.65. The van der Waals surface area contributed by atoms with Gasteiger partial charge in [-0.05, 0) is 42.3 Å². The lowest BCUT2D eigenvalue weighted by molar-refractivity contribution is 0.246. The Labute approximate surface area is 113 Å². The summed E-state index contributed by atoms with van der Waals surface area (Å²) in [4.78, 5) is 0. The molecule has 1 aliphatic heterocycles. The lowest BCUT2D eigenvalue weighted by Crippen LogP contribution is -2.24. The second kappa shape index (κ2) is 4.84. The minimum absolute atomic E-state index is 0.194. The van der Waals surface area contributed by atoms with Gasteiger partial charge in [0, 0.05) is 17.8 Å². The summed E-state index contributed by atoms with van der Waals surface area (Å²) in [5, 5.41) is 3.40. The first-order valence-corrected chi connectivity index (χ1v) is 6.56. The predicted octanol–water partition coefficient (Wildman–Crippen LogP) is 2.99. The summed E-state index contributed by atoms with van der Waals surface area (Å²) in [5.41, 5.74) is 10.1. The van der Waals surface area contributed by atoms with Crippen LogP contribution in [0.2, 0.25) is 0 Å². The largest absolute Gasteiger partial charge is 0.488 e. The first kappa shape index (κ1) is 11.9. The van der Waals surface area contributed by atoms with Crippen LogP contribution in [0.15, 0.2) is 42.5 Å². The summed E-state index contributed by atoms with van der Waals surface area (Å²) < 4.78 is 5.90. The van der Waals surface area contributed by atoms with Crippen LogP contribution >= 0.6 is 0 Å². The number of hydrogen-bond acceptors (Lipinski definition) is 3. The van der Waals surface area contributed by atoms with Crippen LogP contribution in [-0.2, 0) is 6.42 Å². The molecule has 1 aliphatic rings. The number of nitrogens with two attached hydrogens (primary N) is 1. The molecule has 19 heavy (non-hydrogen) atoms. The van der Waals surface area contributed by atoms with Crippen molar-refractivity contribution < 1.29 is 4.74 Å².